The van der Waals surface area contributed by atoms with E-state index in [1.807, 2.05) is 78.7 Å². The molecule has 4 heteroatoms. The SMILES string of the molecule is CN(c1ccccc1)c1ccnc(C(=O)NCc2ccccc2)c1. The molecule has 2 aromatic carbocycles. The molecule has 0 bridgehead atoms. The highest BCUT2D eigenvalue weighted by atomic mass is 16.1. The van der Waals surface area contributed by atoms with Gasteiger partial charge in [-0.3, -0.25) is 9.78 Å². The van der Waals surface area contributed by atoms with Crippen LogP contribution >= 0.6 is 0 Å². The normalized spacial score (nSPS) is 10.2. The van der Waals surface area contributed by atoms with E-state index in [0.717, 1.165) is 16.9 Å². The van der Waals surface area contributed by atoms with Crippen molar-refractivity contribution in [3.63, 3.8) is 0 Å². The van der Waals surface area contributed by atoms with E-state index in [-0.39, 0.29) is 5.91 Å². The Morgan fingerprint density at radius 2 is 1.62 bits per heavy atom. The van der Waals surface area contributed by atoms with Gasteiger partial charge >= 0.3 is 0 Å². The Hall–Kier alpha value is -3.14. The van der Waals surface area contributed by atoms with Gasteiger partial charge in [-0.25, -0.2) is 0 Å². The number of rotatable bonds is 5. The van der Waals surface area contributed by atoms with E-state index in [2.05, 4.69) is 10.3 Å². The van der Waals surface area contributed by atoms with E-state index in [1.54, 1.807) is 12.3 Å². The molecule has 1 aromatic heterocycles. The lowest BCUT2D eigenvalue weighted by atomic mass is 10.2. The molecule has 24 heavy (non-hydrogen) atoms. The van der Waals surface area contributed by atoms with Gasteiger partial charge in [0.15, 0.2) is 0 Å². The molecule has 0 aliphatic heterocycles. The molecule has 0 saturated carbocycles. The predicted molar refractivity (Wildman–Crippen MR) is 96.4 cm³/mol. The van der Waals surface area contributed by atoms with Gasteiger partial charge in [0.2, 0.25) is 0 Å². The number of carbonyl (C=O) groups excluding carboxylic acids is 1. The van der Waals surface area contributed by atoms with Gasteiger partial charge in [0.25, 0.3) is 5.91 Å². The Morgan fingerprint density at radius 3 is 2.33 bits per heavy atom. The number of nitrogens with one attached hydrogen (secondary N) is 1. The van der Waals surface area contributed by atoms with Gasteiger partial charge in [-0.15, -0.1) is 0 Å². The van der Waals surface area contributed by atoms with Gasteiger partial charge in [0.1, 0.15) is 5.69 Å². The quantitative estimate of drug-likeness (QED) is 0.779. The van der Waals surface area contributed by atoms with Crippen LogP contribution in [0.5, 0.6) is 0 Å². The molecular weight excluding hydrogens is 298 g/mol. The highest BCUT2D eigenvalue weighted by Crippen LogP contribution is 2.23. The van der Waals surface area contributed by atoms with Crippen molar-refractivity contribution in [3.8, 4) is 0 Å². The second-order valence-electron chi connectivity index (χ2n) is 5.46. The van der Waals surface area contributed by atoms with Gasteiger partial charge in [-0.05, 0) is 29.8 Å². The summed E-state index contributed by atoms with van der Waals surface area (Å²) in [5.74, 6) is -0.179. The molecule has 0 fully saturated rings. The Bertz CT molecular complexity index is 803. The molecule has 0 unspecified atom stereocenters. The molecule has 0 atom stereocenters. The van der Waals surface area contributed by atoms with Crippen LogP contribution in [0.25, 0.3) is 0 Å². The van der Waals surface area contributed by atoms with E-state index >= 15 is 0 Å². The minimum Gasteiger partial charge on any atom is -0.347 e. The van der Waals surface area contributed by atoms with Crippen LogP contribution in [0.2, 0.25) is 0 Å². The van der Waals surface area contributed by atoms with Gasteiger partial charge in [0, 0.05) is 31.2 Å². The topological polar surface area (TPSA) is 45.2 Å². The number of aromatic nitrogens is 1. The number of nitrogens with zero attached hydrogens (tertiary/aromatic N) is 2. The number of para-hydroxylation sites is 1. The van der Waals surface area contributed by atoms with Crippen LogP contribution < -0.4 is 10.2 Å². The zero-order valence-electron chi connectivity index (χ0n) is 13.5. The lowest BCUT2D eigenvalue weighted by molar-refractivity contribution is 0.0946. The largest absolute Gasteiger partial charge is 0.347 e. The number of hydrogen-bond acceptors (Lipinski definition) is 3. The Kier molecular flexibility index (Phi) is 4.87. The summed E-state index contributed by atoms with van der Waals surface area (Å²) in [6.45, 7) is 0.486. The van der Waals surface area contributed by atoms with Crippen LogP contribution in [-0.4, -0.2) is 17.9 Å². The number of benzene rings is 2. The molecular formula is C20H19N3O. The van der Waals surface area contributed by atoms with Crippen molar-refractivity contribution in [2.45, 2.75) is 6.54 Å². The summed E-state index contributed by atoms with van der Waals surface area (Å²) < 4.78 is 0. The lowest BCUT2D eigenvalue weighted by Crippen LogP contribution is -2.24. The minimum absolute atomic E-state index is 0.179. The van der Waals surface area contributed by atoms with Crippen molar-refractivity contribution in [2.24, 2.45) is 0 Å². The van der Waals surface area contributed by atoms with Crippen LogP contribution in [0, 0.1) is 0 Å². The maximum atomic E-state index is 12.3. The molecule has 1 amide bonds. The number of hydrogen-bond donors (Lipinski definition) is 1. The highest BCUT2D eigenvalue weighted by Gasteiger charge is 2.10. The van der Waals surface area contributed by atoms with Crippen LogP contribution in [0.1, 0.15) is 16.1 Å². The fraction of sp³-hybridized carbons (Fsp3) is 0.100. The first-order chi connectivity index (χ1) is 11.7. The molecule has 3 aromatic rings. The van der Waals surface area contributed by atoms with Crippen LogP contribution in [0.4, 0.5) is 11.4 Å². The number of carbonyl (C=O) groups is 1. The van der Waals surface area contributed by atoms with E-state index in [9.17, 15) is 4.79 Å². The van der Waals surface area contributed by atoms with Gasteiger partial charge in [-0.2, -0.15) is 0 Å². The van der Waals surface area contributed by atoms with Crippen LogP contribution in [0.3, 0.4) is 0 Å². The number of anilines is 2. The number of pyridine rings is 1. The third-order valence-corrected chi connectivity index (χ3v) is 3.80. The first kappa shape index (κ1) is 15.7. The van der Waals surface area contributed by atoms with Crippen molar-refractivity contribution in [2.75, 3.05) is 11.9 Å². The van der Waals surface area contributed by atoms with E-state index in [1.165, 1.54) is 0 Å². The first-order valence-corrected chi connectivity index (χ1v) is 7.81. The molecule has 0 radical (unpaired) electrons. The maximum Gasteiger partial charge on any atom is 0.270 e. The van der Waals surface area contributed by atoms with Gasteiger partial charge in [-0.1, -0.05) is 48.5 Å². The standard InChI is InChI=1S/C20H19N3O/c1-23(17-10-6-3-7-11-17)18-12-13-21-19(14-18)20(24)22-15-16-8-4-2-5-9-16/h2-14H,15H2,1H3,(H,22,24). The number of amides is 1. The van der Waals surface area contributed by atoms with Crippen LogP contribution in [-0.2, 0) is 6.54 Å². The summed E-state index contributed by atoms with van der Waals surface area (Å²) >= 11 is 0. The Balaban J connectivity index is 1.71. The average molecular weight is 317 g/mol. The fourth-order valence-corrected chi connectivity index (χ4v) is 2.42. The van der Waals surface area contributed by atoms with Crippen molar-refractivity contribution in [3.05, 3.63) is 90.3 Å². The molecule has 0 spiro atoms. The molecule has 0 aliphatic rings. The third kappa shape index (κ3) is 3.79. The first-order valence-electron chi connectivity index (χ1n) is 7.81. The smallest absolute Gasteiger partial charge is 0.270 e. The minimum atomic E-state index is -0.179. The summed E-state index contributed by atoms with van der Waals surface area (Å²) in [6.07, 6.45) is 1.66. The van der Waals surface area contributed by atoms with Crippen LogP contribution in [0.15, 0.2) is 79.0 Å². The summed E-state index contributed by atoms with van der Waals surface area (Å²) in [5.41, 5.74) is 3.44. The lowest BCUT2D eigenvalue weighted by Gasteiger charge is -2.19. The van der Waals surface area contributed by atoms with Crippen molar-refractivity contribution < 1.29 is 4.79 Å². The molecule has 0 saturated heterocycles. The third-order valence-electron chi connectivity index (χ3n) is 3.80. The Labute approximate surface area is 141 Å². The van der Waals surface area contributed by atoms with Gasteiger partial charge < -0.3 is 10.2 Å². The monoisotopic (exact) mass is 317 g/mol. The molecule has 0 aliphatic carbocycles. The zero-order valence-corrected chi connectivity index (χ0v) is 13.5. The van der Waals surface area contributed by atoms with E-state index < -0.39 is 0 Å². The Morgan fingerprint density at radius 1 is 0.958 bits per heavy atom. The maximum absolute atomic E-state index is 12.3. The summed E-state index contributed by atoms with van der Waals surface area (Å²) in [4.78, 5) is 18.5. The van der Waals surface area contributed by atoms with E-state index in [4.69, 9.17) is 0 Å². The predicted octanol–water partition coefficient (Wildman–Crippen LogP) is 3.78. The van der Waals surface area contributed by atoms with Gasteiger partial charge in [0.05, 0.1) is 0 Å². The summed E-state index contributed by atoms with van der Waals surface area (Å²) in [7, 11) is 1.97. The van der Waals surface area contributed by atoms with E-state index in [0.29, 0.717) is 12.2 Å². The van der Waals surface area contributed by atoms with Crippen molar-refractivity contribution >= 4 is 17.3 Å². The zero-order chi connectivity index (χ0) is 16.8. The summed E-state index contributed by atoms with van der Waals surface area (Å²) in [5, 5.41) is 2.90. The fourth-order valence-electron chi connectivity index (χ4n) is 2.42. The molecule has 1 heterocycles. The molecule has 4 nitrogen and oxygen atoms in total. The second kappa shape index (κ2) is 7.42. The molecule has 1 N–H and O–H groups in total. The van der Waals surface area contributed by atoms with Crippen molar-refractivity contribution in [1.29, 1.82) is 0 Å². The average Bonchev–Trinajstić information content (AvgIpc) is 2.67. The molecule has 3 rings (SSSR count). The summed E-state index contributed by atoms with van der Waals surface area (Å²) in [6, 6.07) is 23.5. The highest BCUT2D eigenvalue weighted by molar-refractivity contribution is 5.93. The second-order valence-corrected chi connectivity index (χ2v) is 5.46. The molecule has 120 valence electrons. The van der Waals surface area contributed by atoms with Crippen molar-refractivity contribution in [1.82, 2.24) is 10.3 Å².